The van der Waals surface area contributed by atoms with E-state index in [1.54, 1.807) is 0 Å². The van der Waals surface area contributed by atoms with Crippen LogP contribution < -0.4 is 0 Å². The van der Waals surface area contributed by atoms with E-state index in [4.69, 9.17) is 0 Å². The summed E-state index contributed by atoms with van der Waals surface area (Å²) in [4.78, 5) is 0.526. The monoisotopic (exact) mass is 302 g/mol. The number of benzene rings is 2. The van der Waals surface area contributed by atoms with Gasteiger partial charge in [0, 0.05) is 4.83 Å². The molecule has 1 heteroatoms. The van der Waals surface area contributed by atoms with Crippen molar-refractivity contribution in [2.45, 2.75) is 24.6 Å². The second-order valence-corrected chi connectivity index (χ2v) is 6.26. The van der Waals surface area contributed by atoms with Gasteiger partial charge in [0.1, 0.15) is 0 Å². The standard InChI is InChI=1S/C17H19Br/c1-14(18)17(12-15-8-4-2-5-9-15)13-16-10-6-3-7-11-16/h2-11,14,17H,12-13H2,1H3. The number of hydrogen-bond acceptors (Lipinski definition) is 0. The van der Waals surface area contributed by atoms with Crippen LogP contribution in [0.4, 0.5) is 0 Å². The van der Waals surface area contributed by atoms with E-state index in [0.717, 1.165) is 12.8 Å². The Balaban J connectivity index is 2.05. The second kappa shape index (κ2) is 6.75. The zero-order valence-electron chi connectivity index (χ0n) is 10.7. The molecule has 2 aromatic rings. The third-order valence-electron chi connectivity index (χ3n) is 3.33. The van der Waals surface area contributed by atoms with Crippen molar-refractivity contribution in [1.29, 1.82) is 0 Å². The summed E-state index contributed by atoms with van der Waals surface area (Å²) in [6, 6.07) is 21.5. The summed E-state index contributed by atoms with van der Waals surface area (Å²) in [6.07, 6.45) is 2.25. The van der Waals surface area contributed by atoms with Crippen molar-refractivity contribution in [3.05, 3.63) is 71.8 Å². The van der Waals surface area contributed by atoms with E-state index in [9.17, 15) is 0 Å². The summed E-state index contributed by atoms with van der Waals surface area (Å²) in [6.45, 7) is 2.25. The first kappa shape index (κ1) is 13.4. The first-order valence-electron chi connectivity index (χ1n) is 6.47. The molecule has 0 aliphatic rings. The lowest BCUT2D eigenvalue weighted by Gasteiger charge is -2.20. The van der Waals surface area contributed by atoms with E-state index < -0.39 is 0 Å². The predicted molar refractivity (Wildman–Crippen MR) is 82.2 cm³/mol. The van der Waals surface area contributed by atoms with Gasteiger partial charge in [-0.3, -0.25) is 0 Å². The smallest absolute Gasteiger partial charge is 0.0152 e. The van der Waals surface area contributed by atoms with Gasteiger partial charge >= 0.3 is 0 Å². The Morgan fingerprint density at radius 2 is 1.17 bits per heavy atom. The quantitative estimate of drug-likeness (QED) is 0.691. The highest BCUT2D eigenvalue weighted by molar-refractivity contribution is 9.09. The highest BCUT2D eigenvalue weighted by atomic mass is 79.9. The van der Waals surface area contributed by atoms with Crippen LogP contribution in [0.15, 0.2) is 60.7 Å². The van der Waals surface area contributed by atoms with Gasteiger partial charge in [-0.05, 0) is 29.9 Å². The second-order valence-electron chi connectivity index (χ2n) is 4.82. The van der Waals surface area contributed by atoms with Gasteiger partial charge < -0.3 is 0 Å². The minimum Gasteiger partial charge on any atom is -0.0890 e. The van der Waals surface area contributed by atoms with Gasteiger partial charge in [0.05, 0.1) is 0 Å². The van der Waals surface area contributed by atoms with Crippen LogP contribution in [-0.4, -0.2) is 4.83 Å². The summed E-state index contributed by atoms with van der Waals surface area (Å²) in [5.41, 5.74) is 2.84. The van der Waals surface area contributed by atoms with Crippen LogP contribution in [0.5, 0.6) is 0 Å². The largest absolute Gasteiger partial charge is 0.0890 e. The average Bonchev–Trinajstić information content (AvgIpc) is 2.40. The summed E-state index contributed by atoms with van der Waals surface area (Å²) >= 11 is 3.76. The molecule has 0 bridgehead atoms. The highest BCUT2D eigenvalue weighted by Gasteiger charge is 2.15. The molecule has 2 aromatic carbocycles. The number of halogens is 1. The Morgan fingerprint density at radius 1 is 0.778 bits per heavy atom. The molecular formula is C17H19Br. The molecule has 0 aliphatic heterocycles. The fraction of sp³-hybridized carbons (Fsp3) is 0.294. The average molecular weight is 303 g/mol. The number of alkyl halides is 1. The molecule has 1 unspecified atom stereocenters. The van der Waals surface area contributed by atoms with Gasteiger partial charge in [-0.25, -0.2) is 0 Å². The molecule has 1 atom stereocenters. The van der Waals surface area contributed by atoms with E-state index in [0.29, 0.717) is 10.7 Å². The lowest BCUT2D eigenvalue weighted by atomic mass is 9.90. The molecule has 0 amide bonds. The lowest BCUT2D eigenvalue weighted by molar-refractivity contribution is 0.522. The van der Waals surface area contributed by atoms with Gasteiger partial charge in [-0.15, -0.1) is 0 Å². The summed E-state index contributed by atoms with van der Waals surface area (Å²) < 4.78 is 0. The molecule has 0 nitrogen and oxygen atoms in total. The predicted octanol–water partition coefficient (Wildman–Crippen LogP) is 4.87. The first-order valence-corrected chi connectivity index (χ1v) is 7.39. The van der Waals surface area contributed by atoms with E-state index in [1.165, 1.54) is 11.1 Å². The molecule has 0 aliphatic carbocycles. The van der Waals surface area contributed by atoms with Gasteiger partial charge in [0.25, 0.3) is 0 Å². The fourth-order valence-corrected chi connectivity index (χ4v) is 2.60. The summed E-state index contributed by atoms with van der Waals surface area (Å²) in [5, 5.41) is 0. The van der Waals surface area contributed by atoms with Crippen LogP contribution in [0.3, 0.4) is 0 Å². The van der Waals surface area contributed by atoms with Crippen LogP contribution in [-0.2, 0) is 12.8 Å². The van der Waals surface area contributed by atoms with Gasteiger partial charge in [-0.2, -0.15) is 0 Å². The molecule has 0 N–H and O–H groups in total. The van der Waals surface area contributed by atoms with Crippen molar-refractivity contribution in [2.75, 3.05) is 0 Å². The minimum atomic E-state index is 0.526. The molecule has 0 radical (unpaired) electrons. The number of hydrogen-bond donors (Lipinski definition) is 0. The molecule has 2 rings (SSSR count). The number of rotatable bonds is 5. The first-order chi connectivity index (χ1) is 8.75. The molecule has 0 spiro atoms. The van der Waals surface area contributed by atoms with E-state index >= 15 is 0 Å². The fourth-order valence-electron chi connectivity index (χ4n) is 2.23. The Kier molecular flexibility index (Phi) is 5.00. The zero-order valence-corrected chi connectivity index (χ0v) is 12.3. The van der Waals surface area contributed by atoms with Crippen molar-refractivity contribution < 1.29 is 0 Å². The van der Waals surface area contributed by atoms with Gasteiger partial charge in [0.15, 0.2) is 0 Å². The zero-order chi connectivity index (χ0) is 12.8. The van der Waals surface area contributed by atoms with Crippen molar-refractivity contribution in [3.8, 4) is 0 Å². The third kappa shape index (κ3) is 3.99. The van der Waals surface area contributed by atoms with Crippen molar-refractivity contribution in [2.24, 2.45) is 5.92 Å². The lowest BCUT2D eigenvalue weighted by Crippen LogP contribution is -2.17. The summed E-state index contributed by atoms with van der Waals surface area (Å²) in [5.74, 6) is 0.634. The SMILES string of the molecule is CC(Br)C(Cc1ccccc1)Cc1ccccc1. The molecule has 0 saturated heterocycles. The van der Waals surface area contributed by atoms with Crippen LogP contribution in [0.25, 0.3) is 0 Å². The van der Waals surface area contributed by atoms with Crippen LogP contribution in [0, 0.1) is 5.92 Å². The minimum absolute atomic E-state index is 0.526. The molecule has 18 heavy (non-hydrogen) atoms. The molecular weight excluding hydrogens is 284 g/mol. The maximum Gasteiger partial charge on any atom is 0.0152 e. The van der Waals surface area contributed by atoms with Gasteiger partial charge in [-0.1, -0.05) is 83.5 Å². The van der Waals surface area contributed by atoms with Crippen molar-refractivity contribution in [3.63, 3.8) is 0 Å². The maximum atomic E-state index is 3.76. The Bertz CT molecular complexity index is 406. The van der Waals surface area contributed by atoms with Crippen molar-refractivity contribution >= 4 is 15.9 Å². The molecule has 94 valence electrons. The molecule has 0 heterocycles. The van der Waals surface area contributed by atoms with E-state index in [-0.39, 0.29) is 0 Å². The third-order valence-corrected chi connectivity index (χ3v) is 4.08. The Morgan fingerprint density at radius 3 is 1.50 bits per heavy atom. The van der Waals surface area contributed by atoms with Crippen LogP contribution >= 0.6 is 15.9 Å². The molecule has 0 saturated carbocycles. The van der Waals surface area contributed by atoms with E-state index in [1.807, 2.05) is 0 Å². The molecule has 0 fully saturated rings. The molecule has 0 aromatic heterocycles. The normalized spacial score (nSPS) is 12.6. The van der Waals surface area contributed by atoms with Crippen molar-refractivity contribution in [1.82, 2.24) is 0 Å². The Labute approximate surface area is 118 Å². The summed E-state index contributed by atoms with van der Waals surface area (Å²) in [7, 11) is 0. The highest BCUT2D eigenvalue weighted by Crippen LogP contribution is 2.22. The maximum absolute atomic E-state index is 3.76. The van der Waals surface area contributed by atoms with Crippen LogP contribution in [0.1, 0.15) is 18.1 Å². The Hall–Kier alpha value is -1.08. The topological polar surface area (TPSA) is 0 Å². The van der Waals surface area contributed by atoms with E-state index in [2.05, 4.69) is 83.5 Å². The van der Waals surface area contributed by atoms with Crippen LogP contribution in [0.2, 0.25) is 0 Å². The van der Waals surface area contributed by atoms with Gasteiger partial charge in [0.2, 0.25) is 0 Å².